The molecule has 1 fully saturated rings. The maximum absolute atomic E-state index is 3.39. The van der Waals surface area contributed by atoms with Crippen molar-refractivity contribution in [1.82, 2.24) is 10.2 Å². The van der Waals surface area contributed by atoms with E-state index in [1.165, 1.54) is 49.8 Å². The van der Waals surface area contributed by atoms with Crippen molar-refractivity contribution in [3.05, 3.63) is 35.4 Å². The summed E-state index contributed by atoms with van der Waals surface area (Å²) in [5.41, 5.74) is 2.92. The number of nitrogens with zero attached hydrogens (tertiary/aromatic N) is 1. The topological polar surface area (TPSA) is 15.3 Å². The molecule has 0 bridgehead atoms. The van der Waals surface area contributed by atoms with Crippen molar-refractivity contribution in [2.75, 3.05) is 19.6 Å². The number of nitrogens with one attached hydrogen (secondary N) is 1. The van der Waals surface area contributed by atoms with Gasteiger partial charge in [-0.2, -0.15) is 0 Å². The first-order valence-electron chi connectivity index (χ1n) is 8.86. The van der Waals surface area contributed by atoms with E-state index < -0.39 is 0 Å². The summed E-state index contributed by atoms with van der Waals surface area (Å²) in [7, 11) is 0. The van der Waals surface area contributed by atoms with E-state index >= 15 is 0 Å². The smallest absolute Gasteiger partial charge is 0.0236 e. The zero-order valence-corrected chi connectivity index (χ0v) is 13.9. The van der Waals surface area contributed by atoms with Crippen LogP contribution in [0.2, 0.25) is 0 Å². The van der Waals surface area contributed by atoms with E-state index in [4.69, 9.17) is 0 Å². The molecule has 1 saturated heterocycles. The number of hydrogen-bond donors (Lipinski definition) is 1. The molecule has 2 nitrogen and oxygen atoms in total. The van der Waals surface area contributed by atoms with Gasteiger partial charge < -0.3 is 5.32 Å². The van der Waals surface area contributed by atoms with E-state index in [1.807, 2.05) is 0 Å². The monoisotopic (exact) mass is 288 g/mol. The predicted molar refractivity (Wildman–Crippen MR) is 91.6 cm³/mol. The number of rotatable bonds is 7. The van der Waals surface area contributed by atoms with Crippen LogP contribution in [0.5, 0.6) is 0 Å². The van der Waals surface area contributed by atoms with E-state index in [0.717, 1.165) is 32.1 Å². The largest absolute Gasteiger partial charge is 0.317 e. The lowest BCUT2D eigenvalue weighted by Crippen LogP contribution is -2.33. The van der Waals surface area contributed by atoms with Gasteiger partial charge in [0, 0.05) is 12.6 Å². The van der Waals surface area contributed by atoms with Crippen LogP contribution in [0.4, 0.5) is 0 Å². The van der Waals surface area contributed by atoms with Crippen molar-refractivity contribution in [3.63, 3.8) is 0 Å². The maximum Gasteiger partial charge on any atom is 0.0236 e. The van der Waals surface area contributed by atoms with Crippen LogP contribution in [-0.4, -0.2) is 30.6 Å². The molecule has 2 rings (SSSR count). The summed E-state index contributed by atoms with van der Waals surface area (Å²) in [4.78, 5) is 2.71. The minimum atomic E-state index is 0.793. The number of likely N-dealkylation sites (tertiary alicyclic amines) is 1. The molecular formula is C19H32N2. The molecule has 1 atom stereocenters. The van der Waals surface area contributed by atoms with Crippen LogP contribution in [0.25, 0.3) is 0 Å². The van der Waals surface area contributed by atoms with Gasteiger partial charge in [0.2, 0.25) is 0 Å². The Labute approximate surface area is 130 Å². The first kappa shape index (κ1) is 16.5. The number of likely N-dealkylation sites (N-methyl/N-ethyl adjacent to an activating group) is 1. The molecule has 1 aliphatic heterocycles. The van der Waals surface area contributed by atoms with Gasteiger partial charge in [-0.25, -0.2) is 0 Å². The van der Waals surface area contributed by atoms with E-state index in [9.17, 15) is 0 Å². The van der Waals surface area contributed by atoms with Crippen LogP contribution in [-0.2, 0) is 13.0 Å². The number of benzene rings is 1. The summed E-state index contributed by atoms with van der Waals surface area (Å²) in [6.45, 7) is 9.05. The molecule has 0 radical (unpaired) electrons. The highest BCUT2D eigenvalue weighted by molar-refractivity contribution is 5.22. The summed E-state index contributed by atoms with van der Waals surface area (Å²) in [5.74, 6) is 0. The molecule has 1 unspecified atom stereocenters. The summed E-state index contributed by atoms with van der Waals surface area (Å²) in [6, 6.07) is 10.1. The Morgan fingerprint density at radius 2 is 1.81 bits per heavy atom. The first-order chi connectivity index (χ1) is 10.3. The third-order valence-electron chi connectivity index (χ3n) is 4.72. The van der Waals surface area contributed by atoms with Gasteiger partial charge in [0.1, 0.15) is 0 Å². The zero-order valence-electron chi connectivity index (χ0n) is 13.9. The first-order valence-corrected chi connectivity index (χ1v) is 8.86. The highest BCUT2D eigenvalue weighted by Gasteiger charge is 2.19. The summed E-state index contributed by atoms with van der Waals surface area (Å²) in [6.07, 6.45) is 8.01. The minimum absolute atomic E-state index is 0.793. The molecule has 0 spiro atoms. The van der Waals surface area contributed by atoms with Gasteiger partial charge in [0.15, 0.2) is 0 Å². The molecule has 1 aromatic carbocycles. The quantitative estimate of drug-likeness (QED) is 0.763. The molecule has 1 aromatic rings. The zero-order chi connectivity index (χ0) is 14.9. The number of hydrogen-bond acceptors (Lipinski definition) is 2. The lowest BCUT2D eigenvalue weighted by Gasteiger charge is -2.29. The van der Waals surface area contributed by atoms with Gasteiger partial charge in [-0.3, -0.25) is 4.90 Å². The second-order valence-corrected chi connectivity index (χ2v) is 6.30. The second kappa shape index (κ2) is 9.22. The summed E-state index contributed by atoms with van der Waals surface area (Å²) >= 11 is 0. The molecule has 0 saturated carbocycles. The van der Waals surface area contributed by atoms with Crippen LogP contribution in [0.3, 0.4) is 0 Å². The molecular weight excluding hydrogens is 256 g/mol. The average molecular weight is 288 g/mol. The molecule has 2 heteroatoms. The van der Waals surface area contributed by atoms with E-state index in [-0.39, 0.29) is 0 Å². The molecule has 0 amide bonds. The standard InChI is InChI=1S/C19H32N2/c1-3-19-8-6-5-7-15-21(19)16-18-11-9-17(10-12-18)13-14-20-4-2/h9-12,19-20H,3-8,13-16H2,1-2H3. The van der Waals surface area contributed by atoms with Crippen LogP contribution in [0, 0.1) is 0 Å². The van der Waals surface area contributed by atoms with Gasteiger partial charge in [-0.15, -0.1) is 0 Å². The molecule has 1 N–H and O–H groups in total. The van der Waals surface area contributed by atoms with Crippen molar-refractivity contribution in [2.24, 2.45) is 0 Å². The Morgan fingerprint density at radius 1 is 1.05 bits per heavy atom. The van der Waals surface area contributed by atoms with Crippen molar-refractivity contribution in [1.29, 1.82) is 0 Å². The van der Waals surface area contributed by atoms with Crippen LogP contribution in [0.15, 0.2) is 24.3 Å². The van der Waals surface area contributed by atoms with Crippen molar-refractivity contribution in [2.45, 2.75) is 65.0 Å². The molecule has 1 aliphatic rings. The van der Waals surface area contributed by atoms with Gasteiger partial charge >= 0.3 is 0 Å². The summed E-state index contributed by atoms with van der Waals surface area (Å²) < 4.78 is 0. The predicted octanol–water partition coefficient (Wildman–Crippen LogP) is 3.99. The fourth-order valence-electron chi connectivity index (χ4n) is 3.36. The van der Waals surface area contributed by atoms with E-state index in [0.29, 0.717) is 0 Å². The average Bonchev–Trinajstić information content (AvgIpc) is 2.74. The van der Waals surface area contributed by atoms with Gasteiger partial charge in [0.25, 0.3) is 0 Å². The molecule has 1 heterocycles. The lowest BCUT2D eigenvalue weighted by molar-refractivity contribution is 0.186. The van der Waals surface area contributed by atoms with E-state index in [2.05, 4.69) is 48.3 Å². The molecule has 21 heavy (non-hydrogen) atoms. The van der Waals surface area contributed by atoms with Crippen LogP contribution in [0.1, 0.15) is 57.1 Å². The Bertz CT molecular complexity index is 385. The molecule has 0 aliphatic carbocycles. The molecule has 0 aromatic heterocycles. The lowest BCUT2D eigenvalue weighted by atomic mass is 10.1. The third-order valence-corrected chi connectivity index (χ3v) is 4.72. The van der Waals surface area contributed by atoms with E-state index in [1.54, 1.807) is 0 Å². The minimum Gasteiger partial charge on any atom is -0.317 e. The Kier molecular flexibility index (Phi) is 7.25. The van der Waals surface area contributed by atoms with Crippen molar-refractivity contribution in [3.8, 4) is 0 Å². The Morgan fingerprint density at radius 3 is 2.52 bits per heavy atom. The molecule has 118 valence electrons. The third kappa shape index (κ3) is 5.44. The van der Waals surface area contributed by atoms with Crippen LogP contribution < -0.4 is 5.32 Å². The van der Waals surface area contributed by atoms with Gasteiger partial charge in [-0.05, 0) is 56.4 Å². The SMILES string of the molecule is CCNCCc1ccc(CN2CCCCCC2CC)cc1. The highest BCUT2D eigenvalue weighted by atomic mass is 15.2. The highest BCUT2D eigenvalue weighted by Crippen LogP contribution is 2.21. The summed E-state index contributed by atoms with van der Waals surface area (Å²) in [5, 5.41) is 3.39. The Hall–Kier alpha value is -0.860. The fraction of sp³-hybridized carbons (Fsp3) is 0.684. The van der Waals surface area contributed by atoms with Crippen LogP contribution >= 0.6 is 0 Å². The maximum atomic E-state index is 3.39. The van der Waals surface area contributed by atoms with Crippen molar-refractivity contribution < 1.29 is 0 Å². The fourth-order valence-corrected chi connectivity index (χ4v) is 3.36. The second-order valence-electron chi connectivity index (χ2n) is 6.30. The van der Waals surface area contributed by atoms with Crippen molar-refractivity contribution >= 4 is 0 Å². The van der Waals surface area contributed by atoms with Gasteiger partial charge in [0.05, 0.1) is 0 Å². The Balaban J connectivity index is 1.89. The normalized spacial score (nSPS) is 20.4. The van der Waals surface area contributed by atoms with Gasteiger partial charge in [-0.1, -0.05) is 51.0 Å².